The van der Waals surface area contributed by atoms with Gasteiger partial charge in [0.2, 0.25) is 0 Å². The number of anilines is 2. The van der Waals surface area contributed by atoms with Crippen LogP contribution in [0.15, 0.2) is 22.6 Å². The van der Waals surface area contributed by atoms with Crippen LogP contribution in [0.25, 0.3) is 22.5 Å². The minimum atomic E-state index is -4.33. The molecule has 3 N–H and O–H groups in total. The molecule has 1 saturated carbocycles. The van der Waals surface area contributed by atoms with E-state index >= 15 is 0 Å². The minimum absolute atomic E-state index is 0.142. The fourth-order valence-electron chi connectivity index (χ4n) is 4.11. The lowest BCUT2D eigenvalue weighted by Crippen LogP contribution is -2.52. The number of aliphatic hydroxyl groups is 1. The number of pyridine rings is 1. The number of hydrogen-bond acceptors (Lipinski definition) is 7. The normalized spacial score (nSPS) is 20.9. The highest BCUT2D eigenvalue weighted by Gasteiger charge is 2.43. The van der Waals surface area contributed by atoms with Crippen molar-refractivity contribution in [1.82, 2.24) is 15.2 Å². The van der Waals surface area contributed by atoms with Crippen LogP contribution < -0.4 is 10.6 Å². The zero-order valence-electron chi connectivity index (χ0n) is 19.3. The molecule has 1 fully saturated rings. The van der Waals surface area contributed by atoms with Gasteiger partial charge < -0.3 is 20.2 Å². The Kier molecular flexibility index (Phi) is 5.95. The second-order valence-electron chi connectivity index (χ2n) is 9.98. The molecule has 1 aromatic carbocycles. The van der Waals surface area contributed by atoms with E-state index in [0.717, 1.165) is 16.5 Å². The van der Waals surface area contributed by atoms with Crippen molar-refractivity contribution in [3.63, 3.8) is 0 Å². The molecule has 34 heavy (non-hydrogen) atoms. The Morgan fingerprint density at radius 2 is 1.85 bits per heavy atom. The van der Waals surface area contributed by atoms with Gasteiger partial charge in [-0.3, -0.25) is 0 Å². The van der Waals surface area contributed by atoms with Crippen LogP contribution >= 0.6 is 0 Å². The van der Waals surface area contributed by atoms with Gasteiger partial charge in [0, 0.05) is 17.1 Å². The van der Waals surface area contributed by atoms with Crippen molar-refractivity contribution in [3.05, 3.63) is 29.3 Å². The Hall–Kier alpha value is -2.95. The molecular formula is C23H27F4N5O2. The van der Waals surface area contributed by atoms with E-state index in [1.54, 1.807) is 18.2 Å². The monoisotopic (exact) mass is 481 g/mol. The maximum atomic E-state index is 12.8. The smallest absolute Gasteiger partial charge is 0.402 e. The van der Waals surface area contributed by atoms with Crippen LogP contribution in [0.2, 0.25) is 0 Å². The third-order valence-corrected chi connectivity index (χ3v) is 5.89. The van der Waals surface area contributed by atoms with Gasteiger partial charge in [0.1, 0.15) is 18.9 Å². The zero-order valence-corrected chi connectivity index (χ0v) is 19.3. The van der Waals surface area contributed by atoms with Crippen LogP contribution in [-0.4, -0.2) is 51.3 Å². The average molecular weight is 481 g/mol. The molecule has 184 valence electrons. The third-order valence-electron chi connectivity index (χ3n) is 5.89. The van der Waals surface area contributed by atoms with Gasteiger partial charge >= 0.3 is 12.2 Å². The van der Waals surface area contributed by atoms with Crippen LogP contribution in [0.1, 0.15) is 44.7 Å². The second kappa shape index (κ2) is 8.37. The van der Waals surface area contributed by atoms with Gasteiger partial charge in [-0.15, -0.1) is 5.10 Å². The summed E-state index contributed by atoms with van der Waals surface area (Å²) in [5.41, 5.74) is 1.31. The minimum Gasteiger partial charge on any atom is -0.402 e. The number of aromatic nitrogens is 3. The van der Waals surface area contributed by atoms with E-state index < -0.39 is 30.4 Å². The molecule has 0 amide bonds. The van der Waals surface area contributed by atoms with Crippen molar-refractivity contribution in [2.24, 2.45) is 0 Å². The Morgan fingerprint density at radius 3 is 2.47 bits per heavy atom. The van der Waals surface area contributed by atoms with Gasteiger partial charge in [-0.1, -0.05) is 25.9 Å². The van der Waals surface area contributed by atoms with E-state index in [2.05, 4.69) is 20.8 Å². The summed E-state index contributed by atoms with van der Waals surface area (Å²) >= 11 is 0. The molecule has 0 aliphatic heterocycles. The summed E-state index contributed by atoms with van der Waals surface area (Å²) in [6, 6.07) is 5.06. The second-order valence-corrected chi connectivity index (χ2v) is 9.98. The first kappa shape index (κ1) is 24.2. The molecule has 1 aliphatic rings. The Labute approximate surface area is 194 Å². The topological polar surface area (TPSA) is 96.1 Å². The number of hydrogen-bond donors (Lipinski definition) is 3. The van der Waals surface area contributed by atoms with Crippen LogP contribution in [0.5, 0.6) is 0 Å². The maximum absolute atomic E-state index is 12.8. The van der Waals surface area contributed by atoms with Crippen molar-refractivity contribution < 1.29 is 27.1 Å². The van der Waals surface area contributed by atoms with Crippen LogP contribution in [0, 0.1) is 6.92 Å². The van der Waals surface area contributed by atoms with Gasteiger partial charge in [-0.2, -0.15) is 13.2 Å². The Morgan fingerprint density at radius 1 is 1.15 bits per heavy atom. The molecule has 0 spiro atoms. The molecule has 4 rings (SSSR count). The summed E-state index contributed by atoms with van der Waals surface area (Å²) in [6.07, 6.45) is -3.84. The van der Waals surface area contributed by atoms with Crippen molar-refractivity contribution in [2.75, 3.05) is 23.9 Å². The molecule has 0 atom stereocenters. The first-order valence-corrected chi connectivity index (χ1v) is 10.9. The predicted molar refractivity (Wildman–Crippen MR) is 121 cm³/mol. The highest BCUT2D eigenvalue weighted by atomic mass is 19.4. The Balaban J connectivity index is 1.66. The summed E-state index contributed by atoms with van der Waals surface area (Å²) in [5.74, 6) is 0.173. The summed E-state index contributed by atoms with van der Waals surface area (Å²) in [4.78, 5) is 4.72. The van der Waals surface area contributed by atoms with E-state index in [4.69, 9.17) is 9.40 Å². The molecule has 3 aromatic rings. The molecule has 2 aromatic heterocycles. The first-order chi connectivity index (χ1) is 15.8. The van der Waals surface area contributed by atoms with Crippen LogP contribution in [-0.2, 0) is 5.41 Å². The number of aryl methyl sites for hydroxylation is 1. The maximum Gasteiger partial charge on any atom is 0.405 e. The van der Waals surface area contributed by atoms with Gasteiger partial charge in [-0.25, -0.2) is 9.37 Å². The molecule has 11 heteroatoms. The largest absolute Gasteiger partial charge is 0.405 e. The van der Waals surface area contributed by atoms with Crippen LogP contribution in [0.4, 0.5) is 29.3 Å². The zero-order chi connectivity index (χ0) is 24.9. The molecular weight excluding hydrogens is 454 g/mol. The summed E-state index contributed by atoms with van der Waals surface area (Å²) in [6.45, 7) is 5.80. The number of benzene rings is 1. The summed E-state index contributed by atoms with van der Waals surface area (Å²) < 4.78 is 56.7. The van der Waals surface area contributed by atoms with E-state index in [1.807, 2.05) is 27.7 Å². The van der Waals surface area contributed by atoms with E-state index in [0.29, 0.717) is 16.9 Å². The quantitative estimate of drug-likeness (QED) is 0.420. The van der Waals surface area contributed by atoms with Crippen molar-refractivity contribution in [3.8, 4) is 11.6 Å². The summed E-state index contributed by atoms with van der Waals surface area (Å²) in [7, 11) is 0. The standard InChI is InChI=1S/C23H27F4N5O2/c1-12-5-17(19-31-32-20(34-19)29-14-8-22(33,9-14)10-24)30-18-15(12)6-13(28-11-23(25,26)27)7-16(18)21(2,3)4/h5-7,14,28,33H,8-11H2,1-4H3,(H,29,32). The van der Waals surface area contributed by atoms with Crippen molar-refractivity contribution >= 4 is 22.6 Å². The third kappa shape index (κ3) is 5.08. The number of alkyl halides is 4. The fraction of sp³-hybridized carbons (Fsp3) is 0.522. The number of nitrogens with one attached hydrogen (secondary N) is 2. The Bertz CT molecular complexity index is 1200. The molecule has 0 saturated heterocycles. The molecule has 7 nitrogen and oxygen atoms in total. The van der Waals surface area contributed by atoms with E-state index in [9.17, 15) is 22.7 Å². The van der Waals surface area contributed by atoms with Gasteiger partial charge in [0.05, 0.1) is 11.1 Å². The van der Waals surface area contributed by atoms with Crippen molar-refractivity contribution in [1.29, 1.82) is 0 Å². The number of nitrogens with zero attached hydrogens (tertiary/aromatic N) is 3. The number of rotatable bonds is 6. The van der Waals surface area contributed by atoms with E-state index in [-0.39, 0.29) is 30.8 Å². The van der Waals surface area contributed by atoms with Crippen LogP contribution in [0.3, 0.4) is 0 Å². The first-order valence-electron chi connectivity index (χ1n) is 10.9. The SMILES string of the molecule is Cc1cc(-c2nnc(NC3CC(O)(CF)C3)o2)nc2c(C(C)(C)C)cc(NCC(F)(F)F)cc12. The molecule has 0 bridgehead atoms. The highest BCUT2D eigenvalue weighted by Crippen LogP contribution is 2.37. The summed E-state index contributed by atoms with van der Waals surface area (Å²) in [5, 5.41) is 24.0. The fourth-order valence-corrected chi connectivity index (χ4v) is 4.11. The highest BCUT2D eigenvalue weighted by molar-refractivity contribution is 5.90. The molecule has 0 unspecified atom stereocenters. The van der Waals surface area contributed by atoms with Crippen molar-refractivity contribution in [2.45, 2.75) is 63.8 Å². The molecule has 2 heterocycles. The van der Waals surface area contributed by atoms with E-state index in [1.165, 1.54) is 0 Å². The predicted octanol–water partition coefficient (Wildman–Crippen LogP) is 5.14. The lowest BCUT2D eigenvalue weighted by molar-refractivity contribution is -0.115. The number of halogens is 4. The van der Waals surface area contributed by atoms with Gasteiger partial charge in [-0.05, 0) is 54.5 Å². The number of fused-ring (bicyclic) bond motifs is 1. The molecule has 0 radical (unpaired) electrons. The van der Waals surface area contributed by atoms with Gasteiger partial charge in [0.15, 0.2) is 0 Å². The lowest BCUT2D eigenvalue weighted by atomic mass is 9.77. The lowest BCUT2D eigenvalue weighted by Gasteiger charge is -2.41. The average Bonchev–Trinajstić information content (AvgIpc) is 3.18. The molecule has 1 aliphatic carbocycles. The van der Waals surface area contributed by atoms with Gasteiger partial charge in [0.25, 0.3) is 5.89 Å².